The van der Waals surface area contributed by atoms with Gasteiger partial charge in [-0.25, -0.2) is 4.57 Å². The highest BCUT2D eigenvalue weighted by Gasteiger charge is 2.27. The van der Waals surface area contributed by atoms with Crippen LogP contribution in [-0.2, 0) is 32.7 Å². The van der Waals surface area contributed by atoms with Gasteiger partial charge in [0.15, 0.2) is 6.10 Å². The molecule has 0 saturated carbocycles. The van der Waals surface area contributed by atoms with Gasteiger partial charge in [0, 0.05) is 12.8 Å². The molecule has 10 heteroatoms. The summed E-state index contributed by atoms with van der Waals surface area (Å²) in [6.07, 6.45) is 36.5. The average Bonchev–Trinajstić information content (AvgIpc) is 3.09. The number of phosphoric acid groups is 1. The molecule has 0 aliphatic rings. The number of likely N-dealkylation sites (N-methyl/N-ethyl adjacent to an activating group) is 1. The first-order valence-electron chi connectivity index (χ1n) is 21.1. The van der Waals surface area contributed by atoms with E-state index in [1.54, 1.807) is 0 Å². The molecular weight excluding hydrogens is 677 g/mol. The van der Waals surface area contributed by atoms with E-state index in [1.807, 2.05) is 21.1 Å². The van der Waals surface area contributed by atoms with E-state index in [0.29, 0.717) is 23.9 Å². The summed E-state index contributed by atoms with van der Waals surface area (Å²) in [6.45, 7) is 4.38. The van der Waals surface area contributed by atoms with Gasteiger partial charge in [0.25, 0.3) is 0 Å². The Hall–Kier alpha value is -1.51. The van der Waals surface area contributed by atoms with Crippen LogP contribution in [0.25, 0.3) is 0 Å². The van der Waals surface area contributed by atoms with Crippen LogP contribution in [0.5, 0.6) is 0 Å². The number of phosphoric ester groups is 1. The van der Waals surface area contributed by atoms with Crippen LogP contribution in [0, 0.1) is 0 Å². The third kappa shape index (κ3) is 38.2. The number of hydrogen-bond acceptors (Lipinski definition) is 7. The first kappa shape index (κ1) is 50.5. The molecule has 0 spiro atoms. The molecule has 9 nitrogen and oxygen atoms in total. The van der Waals surface area contributed by atoms with E-state index in [0.717, 1.165) is 38.5 Å². The molecule has 1 unspecified atom stereocenters. The van der Waals surface area contributed by atoms with Crippen LogP contribution in [0.2, 0.25) is 0 Å². The van der Waals surface area contributed by atoms with Crippen molar-refractivity contribution in [2.75, 3.05) is 47.5 Å². The predicted molar refractivity (Wildman–Crippen MR) is 215 cm³/mol. The van der Waals surface area contributed by atoms with Gasteiger partial charge < -0.3 is 18.9 Å². The van der Waals surface area contributed by atoms with E-state index in [2.05, 4.69) is 38.2 Å². The molecule has 0 heterocycles. The molecule has 0 aromatic carbocycles. The van der Waals surface area contributed by atoms with Crippen LogP contribution < -0.4 is 0 Å². The Morgan fingerprint density at radius 3 is 1.56 bits per heavy atom. The number of ether oxygens (including phenoxy) is 2. The average molecular weight is 759 g/mol. The van der Waals surface area contributed by atoms with Crippen molar-refractivity contribution in [1.82, 2.24) is 0 Å². The number of esters is 2. The van der Waals surface area contributed by atoms with Gasteiger partial charge in [-0.1, -0.05) is 147 Å². The number of carbonyl (C=O) groups is 2. The fourth-order valence-corrected chi connectivity index (χ4v) is 6.37. The van der Waals surface area contributed by atoms with Crippen LogP contribution in [-0.4, -0.2) is 74.9 Å². The lowest BCUT2D eigenvalue weighted by molar-refractivity contribution is -0.870. The Kier molecular flexibility index (Phi) is 34.2. The SMILES string of the molecule is CCCCCCCC/C=C\C/C=C\CCCCC(=O)OC[C@H](COP(=O)(O)OCC[N+](C)(C)C)OC(=O)CCCCCCCCCCCCCCC. The summed E-state index contributed by atoms with van der Waals surface area (Å²) in [5.41, 5.74) is 0. The van der Waals surface area contributed by atoms with Gasteiger partial charge in [-0.2, -0.15) is 0 Å². The molecule has 0 amide bonds. The third-order valence-corrected chi connectivity index (χ3v) is 9.97. The van der Waals surface area contributed by atoms with Crippen LogP contribution >= 0.6 is 7.82 Å². The maximum Gasteiger partial charge on any atom is 0.472 e. The third-order valence-electron chi connectivity index (χ3n) is 8.98. The Morgan fingerprint density at radius 2 is 1.04 bits per heavy atom. The molecule has 0 fully saturated rings. The standard InChI is InChI=1S/C42H80NO8P/c1-6-8-10-12-14-16-18-20-21-23-24-26-28-30-32-34-41(44)48-38-40(39-50-52(46,47)49-37-36-43(3,4)5)51-42(45)35-33-31-29-27-25-22-19-17-15-13-11-9-7-2/h20-21,24,26,40H,6-19,22-23,25,27-39H2,1-5H3/p+1/b21-20-,26-24-/t40-/m1/s1. The molecule has 0 aliphatic carbocycles. The quantitative estimate of drug-likeness (QED) is 0.0218. The zero-order chi connectivity index (χ0) is 38.6. The van der Waals surface area contributed by atoms with Gasteiger partial charge in [0.2, 0.25) is 0 Å². The molecule has 0 aromatic heterocycles. The van der Waals surface area contributed by atoms with Crippen LogP contribution in [0.4, 0.5) is 0 Å². The maximum absolute atomic E-state index is 12.6. The minimum Gasteiger partial charge on any atom is -0.462 e. The molecule has 0 saturated heterocycles. The Labute approximate surface area is 319 Å². The second kappa shape index (κ2) is 35.2. The first-order valence-corrected chi connectivity index (χ1v) is 22.6. The number of hydrogen-bond donors (Lipinski definition) is 1. The summed E-state index contributed by atoms with van der Waals surface area (Å²) in [4.78, 5) is 35.2. The summed E-state index contributed by atoms with van der Waals surface area (Å²) in [6, 6.07) is 0. The van der Waals surface area contributed by atoms with Crippen molar-refractivity contribution in [1.29, 1.82) is 0 Å². The molecule has 52 heavy (non-hydrogen) atoms. The Balaban J connectivity index is 4.43. The zero-order valence-corrected chi connectivity index (χ0v) is 35.2. The number of nitrogens with zero attached hydrogens (tertiary/aromatic N) is 1. The second-order valence-corrected chi connectivity index (χ2v) is 16.8. The molecule has 0 rings (SSSR count). The summed E-state index contributed by atoms with van der Waals surface area (Å²) < 4.78 is 34.2. The van der Waals surface area contributed by atoms with Crippen molar-refractivity contribution in [3.8, 4) is 0 Å². The highest BCUT2D eigenvalue weighted by molar-refractivity contribution is 7.47. The van der Waals surface area contributed by atoms with Crippen molar-refractivity contribution < 1.29 is 42.1 Å². The summed E-state index contributed by atoms with van der Waals surface area (Å²) in [7, 11) is 1.46. The fourth-order valence-electron chi connectivity index (χ4n) is 5.63. The monoisotopic (exact) mass is 759 g/mol. The molecule has 0 aromatic rings. The Morgan fingerprint density at radius 1 is 0.596 bits per heavy atom. The number of carbonyl (C=O) groups excluding carboxylic acids is 2. The number of quaternary nitrogens is 1. The minimum atomic E-state index is -4.37. The zero-order valence-electron chi connectivity index (χ0n) is 34.3. The van der Waals surface area contributed by atoms with E-state index in [4.69, 9.17) is 18.5 Å². The van der Waals surface area contributed by atoms with Crippen molar-refractivity contribution in [3.05, 3.63) is 24.3 Å². The van der Waals surface area contributed by atoms with Gasteiger partial charge in [-0.3, -0.25) is 18.6 Å². The molecule has 306 valence electrons. The molecular formula is C42H81NO8P+. The lowest BCUT2D eigenvalue weighted by Gasteiger charge is -2.24. The summed E-state index contributed by atoms with van der Waals surface area (Å²) >= 11 is 0. The normalized spacial score (nSPS) is 13.9. The van der Waals surface area contributed by atoms with E-state index in [9.17, 15) is 19.0 Å². The van der Waals surface area contributed by atoms with Crippen LogP contribution in [0.15, 0.2) is 24.3 Å². The van der Waals surface area contributed by atoms with E-state index in [1.165, 1.54) is 103 Å². The largest absolute Gasteiger partial charge is 0.472 e. The Bertz CT molecular complexity index is 949. The molecule has 0 radical (unpaired) electrons. The topological polar surface area (TPSA) is 108 Å². The number of allylic oxidation sites excluding steroid dienone is 4. The van der Waals surface area contributed by atoms with Crippen molar-refractivity contribution >= 4 is 19.8 Å². The van der Waals surface area contributed by atoms with Crippen LogP contribution in [0.3, 0.4) is 0 Å². The predicted octanol–water partition coefficient (Wildman–Crippen LogP) is 11.6. The van der Waals surface area contributed by atoms with Gasteiger partial charge in [0.05, 0.1) is 27.7 Å². The highest BCUT2D eigenvalue weighted by atomic mass is 31.2. The van der Waals surface area contributed by atoms with Gasteiger partial charge >= 0.3 is 19.8 Å². The first-order chi connectivity index (χ1) is 25.0. The summed E-state index contributed by atoms with van der Waals surface area (Å²) in [5.74, 6) is -0.832. The van der Waals surface area contributed by atoms with Crippen LogP contribution in [0.1, 0.15) is 181 Å². The van der Waals surface area contributed by atoms with Gasteiger partial charge in [-0.15, -0.1) is 0 Å². The molecule has 1 N–H and O–H groups in total. The fraction of sp³-hybridized carbons (Fsp3) is 0.857. The number of unbranched alkanes of at least 4 members (excludes halogenated alkanes) is 20. The highest BCUT2D eigenvalue weighted by Crippen LogP contribution is 2.43. The lowest BCUT2D eigenvalue weighted by Crippen LogP contribution is -2.37. The molecule has 0 bridgehead atoms. The van der Waals surface area contributed by atoms with Crippen molar-refractivity contribution in [2.24, 2.45) is 0 Å². The van der Waals surface area contributed by atoms with E-state index in [-0.39, 0.29) is 26.1 Å². The molecule has 0 aliphatic heterocycles. The lowest BCUT2D eigenvalue weighted by atomic mass is 10.0. The minimum absolute atomic E-state index is 0.0287. The van der Waals surface area contributed by atoms with E-state index >= 15 is 0 Å². The smallest absolute Gasteiger partial charge is 0.462 e. The number of rotatable bonds is 38. The molecule has 2 atom stereocenters. The summed E-state index contributed by atoms with van der Waals surface area (Å²) in [5, 5.41) is 0. The van der Waals surface area contributed by atoms with Gasteiger partial charge in [0.1, 0.15) is 19.8 Å². The van der Waals surface area contributed by atoms with Crippen molar-refractivity contribution in [3.63, 3.8) is 0 Å². The maximum atomic E-state index is 12.6. The van der Waals surface area contributed by atoms with E-state index < -0.39 is 32.5 Å². The second-order valence-electron chi connectivity index (χ2n) is 15.4. The van der Waals surface area contributed by atoms with Crippen molar-refractivity contribution in [2.45, 2.75) is 187 Å². The van der Waals surface area contributed by atoms with Gasteiger partial charge in [-0.05, 0) is 44.9 Å².